The molecule has 3 heteroatoms. The largest absolute Gasteiger partial charge is 2.00 e. The molecule has 2 nitrogen and oxygen atoms in total. The molecule has 21 heavy (non-hydrogen) atoms. The molecular weight excluding hydrogens is 335 g/mol. The molecule has 0 unspecified atom stereocenters. The second kappa shape index (κ2) is 28.0. The fourth-order valence-corrected chi connectivity index (χ4v) is 1.18. The molecule has 0 saturated heterocycles. The Kier molecular flexibility index (Phi) is 34.3. The molecule has 0 saturated carbocycles. The van der Waals surface area contributed by atoms with E-state index in [0.29, 0.717) is 0 Å². The minimum Gasteiger partial charge on any atom is -0.317 e. The van der Waals surface area contributed by atoms with Crippen molar-refractivity contribution < 1.29 is 26.2 Å². The van der Waals surface area contributed by atoms with Gasteiger partial charge >= 0.3 is 26.2 Å². The van der Waals surface area contributed by atoms with Gasteiger partial charge in [0.15, 0.2) is 0 Å². The van der Waals surface area contributed by atoms with Gasteiger partial charge in [-0.2, -0.15) is 12.2 Å². The fraction of sp³-hybridized carbons (Fsp3) is 0.556. The van der Waals surface area contributed by atoms with Gasteiger partial charge in [-0.05, 0) is 26.2 Å². The van der Waals surface area contributed by atoms with Gasteiger partial charge in [0.05, 0.1) is 0 Å². The van der Waals surface area contributed by atoms with Crippen LogP contribution in [0.4, 0.5) is 0 Å². The summed E-state index contributed by atoms with van der Waals surface area (Å²) in [4.78, 5) is 0. The standard InChI is InChI=1S/2C5H5.2C4H11N.Zr/c2*1-2-4-5-3-1;2*1-3-5-4-2;/h2*1-3H,4H2;2*5H,3-4H2,1-2H3;/q2*-1;;;+2. The number of hydrogen-bond acceptors (Lipinski definition) is 2. The van der Waals surface area contributed by atoms with E-state index in [0.717, 1.165) is 39.0 Å². The quantitative estimate of drug-likeness (QED) is 0.738. The maximum Gasteiger partial charge on any atom is 2.00 e. The summed E-state index contributed by atoms with van der Waals surface area (Å²) in [5.41, 5.74) is 0. The maximum atomic E-state index is 3.11. The third kappa shape index (κ3) is 32.9. The van der Waals surface area contributed by atoms with E-state index in [4.69, 9.17) is 0 Å². The Morgan fingerprint density at radius 1 is 0.714 bits per heavy atom. The molecule has 0 bridgehead atoms. The molecule has 0 aromatic carbocycles. The van der Waals surface area contributed by atoms with Gasteiger partial charge < -0.3 is 10.6 Å². The van der Waals surface area contributed by atoms with Crippen LogP contribution in [-0.2, 0) is 26.2 Å². The molecule has 0 amide bonds. The van der Waals surface area contributed by atoms with E-state index in [1.54, 1.807) is 0 Å². The molecule has 2 aliphatic carbocycles. The molecule has 0 fully saturated rings. The summed E-state index contributed by atoms with van der Waals surface area (Å²) in [5.74, 6) is 0. The van der Waals surface area contributed by atoms with Crippen molar-refractivity contribution in [1.82, 2.24) is 10.6 Å². The molecule has 0 radical (unpaired) electrons. The summed E-state index contributed by atoms with van der Waals surface area (Å²) in [7, 11) is 0. The van der Waals surface area contributed by atoms with E-state index in [-0.39, 0.29) is 26.2 Å². The Labute approximate surface area is 152 Å². The molecule has 0 aliphatic heterocycles. The van der Waals surface area contributed by atoms with Crippen molar-refractivity contribution >= 4 is 0 Å². The van der Waals surface area contributed by atoms with E-state index >= 15 is 0 Å². The minimum absolute atomic E-state index is 0. The van der Waals surface area contributed by atoms with Gasteiger partial charge in [-0.15, -0.1) is 12.8 Å². The van der Waals surface area contributed by atoms with Crippen molar-refractivity contribution in [2.45, 2.75) is 40.5 Å². The predicted octanol–water partition coefficient (Wildman–Crippen LogP) is 3.84. The number of hydrogen-bond donors (Lipinski definition) is 2. The van der Waals surface area contributed by atoms with Crippen LogP contribution in [-0.4, -0.2) is 26.2 Å². The monoisotopic (exact) mass is 366 g/mol. The third-order valence-electron chi connectivity index (χ3n) is 2.17. The van der Waals surface area contributed by atoms with Crippen LogP contribution >= 0.6 is 0 Å². The van der Waals surface area contributed by atoms with Gasteiger partial charge in [-0.1, -0.05) is 27.7 Å². The van der Waals surface area contributed by atoms with Gasteiger partial charge in [0.25, 0.3) is 0 Å². The van der Waals surface area contributed by atoms with E-state index in [1.807, 2.05) is 24.3 Å². The Morgan fingerprint density at radius 3 is 1.10 bits per heavy atom. The average molecular weight is 368 g/mol. The Hall–Kier alpha value is -0.237. The number of rotatable bonds is 4. The van der Waals surface area contributed by atoms with E-state index in [2.05, 4.69) is 62.6 Å². The molecule has 0 spiro atoms. The summed E-state index contributed by atoms with van der Waals surface area (Å²) in [5, 5.41) is 6.22. The first-order valence-corrected chi connectivity index (χ1v) is 7.68. The summed E-state index contributed by atoms with van der Waals surface area (Å²) in [6.45, 7) is 12.8. The smallest absolute Gasteiger partial charge is 0.317 e. The van der Waals surface area contributed by atoms with E-state index in [1.165, 1.54) is 0 Å². The van der Waals surface area contributed by atoms with Gasteiger partial charge in [-0.25, -0.2) is 24.3 Å². The zero-order valence-corrected chi connectivity index (χ0v) is 16.7. The van der Waals surface area contributed by atoms with Crippen molar-refractivity contribution in [2.24, 2.45) is 0 Å². The molecule has 2 rings (SSSR count). The van der Waals surface area contributed by atoms with E-state index in [9.17, 15) is 0 Å². The van der Waals surface area contributed by atoms with Crippen LogP contribution in [0.25, 0.3) is 0 Å². The topological polar surface area (TPSA) is 24.1 Å². The van der Waals surface area contributed by atoms with Crippen LogP contribution in [0.15, 0.2) is 36.5 Å². The Morgan fingerprint density at radius 2 is 1.05 bits per heavy atom. The minimum atomic E-state index is 0. The average Bonchev–Trinajstić information content (AvgIpc) is 3.20. The van der Waals surface area contributed by atoms with Crippen LogP contribution in [0.3, 0.4) is 0 Å². The van der Waals surface area contributed by atoms with Crippen molar-refractivity contribution in [2.75, 3.05) is 26.2 Å². The summed E-state index contributed by atoms with van der Waals surface area (Å²) >= 11 is 0. The number of allylic oxidation sites excluding steroid dienone is 8. The van der Waals surface area contributed by atoms with Crippen molar-refractivity contribution in [3.8, 4) is 0 Å². The maximum absolute atomic E-state index is 3.11. The second-order valence-corrected chi connectivity index (χ2v) is 3.92. The molecule has 118 valence electrons. The molecule has 0 atom stereocenters. The number of nitrogens with one attached hydrogen (secondary N) is 2. The molecular formula is C18H32N2Zr. The molecule has 0 heterocycles. The SMILES string of the molecule is CCNCC.CCNCC.[C-]1=CC=CC1.[C-]1=CC=CC1.[Zr+2]. The molecule has 0 aromatic rings. The van der Waals surface area contributed by atoms with Crippen LogP contribution in [0, 0.1) is 12.2 Å². The van der Waals surface area contributed by atoms with Gasteiger partial charge in [0.1, 0.15) is 0 Å². The zero-order valence-electron chi connectivity index (χ0n) is 14.2. The fourth-order valence-electron chi connectivity index (χ4n) is 1.18. The van der Waals surface area contributed by atoms with Gasteiger partial charge in [0.2, 0.25) is 0 Å². The van der Waals surface area contributed by atoms with Gasteiger partial charge in [0, 0.05) is 0 Å². The summed E-state index contributed by atoms with van der Waals surface area (Å²) in [6, 6.07) is 0. The van der Waals surface area contributed by atoms with Crippen LogP contribution < -0.4 is 10.6 Å². The van der Waals surface area contributed by atoms with Crippen molar-refractivity contribution in [3.63, 3.8) is 0 Å². The van der Waals surface area contributed by atoms with E-state index < -0.39 is 0 Å². The van der Waals surface area contributed by atoms with Gasteiger partial charge in [-0.3, -0.25) is 12.2 Å². The third-order valence-corrected chi connectivity index (χ3v) is 2.17. The first kappa shape index (κ1) is 25.7. The Balaban J connectivity index is -0.000000202. The first-order valence-electron chi connectivity index (χ1n) is 7.68. The van der Waals surface area contributed by atoms with Crippen molar-refractivity contribution in [3.05, 3.63) is 48.6 Å². The second-order valence-electron chi connectivity index (χ2n) is 3.92. The van der Waals surface area contributed by atoms with Crippen LogP contribution in [0.1, 0.15) is 40.5 Å². The van der Waals surface area contributed by atoms with Crippen LogP contribution in [0.5, 0.6) is 0 Å². The normalized spacial score (nSPS) is 12.4. The van der Waals surface area contributed by atoms with Crippen molar-refractivity contribution in [1.29, 1.82) is 0 Å². The predicted molar refractivity (Wildman–Crippen MR) is 91.6 cm³/mol. The Bertz CT molecular complexity index is 216. The molecule has 0 aromatic heterocycles. The zero-order chi connectivity index (χ0) is 15.3. The first-order chi connectivity index (χ1) is 9.83. The summed E-state index contributed by atoms with van der Waals surface area (Å²) < 4.78 is 0. The summed E-state index contributed by atoms with van der Waals surface area (Å²) in [6.07, 6.45) is 20.0. The van der Waals surface area contributed by atoms with Crippen LogP contribution in [0.2, 0.25) is 0 Å². The molecule has 2 aliphatic rings. The molecule has 2 N–H and O–H groups in total.